The summed E-state index contributed by atoms with van der Waals surface area (Å²) in [5, 5.41) is 9.43. The van der Waals surface area contributed by atoms with Crippen LogP contribution in [0.2, 0.25) is 5.02 Å². The maximum atomic E-state index is 12.6. The Labute approximate surface area is 146 Å². The number of morpholine rings is 1. The molecule has 1 amide bonds. The molecule has 2 aromatic heterocycles. The van der Waals surface area contributed by atoms with Crippen LogP contribution in [0, 0.1) is 13.8 Å². The molecule has 0 saturated carbocycles. The number of aromatic nitrogens is 4. The van der Waals surface area contributed by atoms with Gasteiger partial charge in [0.1, 0.15) is 12.4 Å². The fraction of sp³-hybridized carbons (Fsp3) is 0.562. The Morgan fingerprint density at radius 2 is 1.96 bits per heavy atom. The normalized spacial score (nSPS) is 21.3. The van der Waals surface area contributed by atoms with Gasteiger partial charge >= 0.3 is 0 Å². The zero-order valence-electron chi connectivity index (χ0n) is 14.4. The first-order valence-corrected chi connectivity index (χ1v) is 8.40. The lowest BCUT2D eigenvalue weighted by Crippen LogP contribution is -2.48. The van der Waals surface area contributed by atoms with E-state index in [-0.39, 0.29) is 18.1 Å². The number of hydrogen-bond acceptors (Lipinski definition) is 4. The molecular formula is C16H22ClN5O2. The van der Waals surface area contributed by atoms with Gasteiger partial charge in [0.15, 0.2) is 0 Å². The summed E-state index contributed by atoms with van der Waals surface area (Å²) >= 11 is 6.16. The second kappa shape index (κ2) is 6.57. The van der Waals surface area contributed by atoms with Crippen molar-refractivity contribution >= 4 is 17.5 Å². The Hall–Kier alpha value is -1.86. The average molecular weight is 352 g/mol. The van der Waals surface area contributed by atoms with Gasteiger partial charge in [-0.2, -0.15) is 10.2 Å². The van der Waals surface area contributed by atoms with Gasteiger partial charge in [0, 0.05) is 19.3 Å². The van der Waals surface area contributed by atoms with Crippen molar-refractivity contribution in [2.45, 2.75) is 46.6 Å². The molecule has 0 radical (unpaired) electrons. The highest BCUT2D eigenvalue weighted by Gasteiger charge is 2.27. The number of aryl methyl sites for hydroxylation is 1. The van der Waals surface area contributed by atoms with E-state index in [9.17, 15) is 4.79 Å². The van der Waals surface area contributed by atoms with Crippen molar-refractivity contribution in [3.8, 4) is 0 Å². The highest BCUT2D eigenvalue weighted by Crippen LogP contribution is 2.19. The Morgan fingerprint density at radius 3 is 2.54 bits per heavy atom. The summed E-state index contributed by atoms with van der Waals surface area (Å²) in [5.74, 6) is -0.0675. The number of ether oxygens (including phenoxy) is 1. The molecule has 130 valence electrons. The van der Waals surface area contributed by atoms with E-state index in [4.69, 9.17) is 16.3 Å². The molecule has 8 heteroatoms. The third kappa shape index (κ3) is 3.32. The van der Waals surface area contributed by atoms with E-state index >= 15 is 0 Å². The van der Waals surface area contributed by atoms with E-state index < -0.39 is 0 Å². The molecule has 0 bridgehead atoms. The number of halogens is 1. The predicted octanol–water partition coefficient (Wildman–Crippen LogP) is 2.11. The van der Waals surface area contributed by atoms with Crippen LogP contribution in [0.4, 0.5) is 0 Å². The van der Waals surface area contributed by atoms with Gasteiger partial charge < -0.3 is 9.64 Å². The first-order chi connectivity index (χ1) is 11.3. The van der Waals surface area contributed by atoms with Gasteiger partial charge in [0.05, 0.1) is 28.6 Å². The van der Waals surface area contributed by atoms with Crippen LogP contribution in [0.5, 0.6) is 0 Å². The lowest BCUT2D eigenvalue weighted by Gasteiger charge is -2.34. The van der Waals surface area contributed by atoms with Crippen LogP contribution in [-0.4, -0.2) is 55.7 Å². The first-order valence-electron chi connectivity index (χ1n) is 8.03. The smallest absolute Gasteiger partial charge is 0.274 e. The molecule has 3 rings (SSSR count). The summed E-state index contributed by atoms with van der Waals surface area (Å²) in [6.45, 7) is 9.32. The van der Waals surface area contributed by atoms with E-state index in [1.165, 1.54) is 0 Å². The third-order valence-electron chi connectivity index (χ3n) is 4.14. The summed E-state index contributed by atoms with van der Waals surface area (Å²) < 4.78 is 9.14. The molecular weight excluding hydrogens is 330 g/mol. The summed E-state index contributed by atoms with van der Waals surface area (Å²) in [7, 11) is 0. The lowest BCUT2D eigenvalue weighted by molar-refractivity contribution is -0.0587. The van der Waals surface area contributed by atoms with Gasteiger partial charge in [-0.05, 0) is 33.8 Å². The van der Waals surface area contributed by atoms with Crippen LogP contribution in [0.15, 0.2) is 12.3 Å². The van der Waals surface area contributed by atoms with E-state index in [2.05, 4.69) is 10.2 Å². The predicted molar refractivity (Wildman–Crippen MR) is 90.2 cm³/mol. The van der Waals surface area contributed by atoms with Gasteiger partial charge in [-0.3, -0.25) is 9.48 Å². The van der Waals surface area contributed by atoms with E-state index in [0.29, 0.717) is 30.5 Å². The van der Waals surface area contributed by atoms with Crippen LogP contribution in [0.3, 0.4) is 0 Å². The number of carbonyl (C=O) groups is 1. The zero-order chi connectivity index (χ0) is 17.4. The molecule has 0 unspecified atom stereocenters. The van der Waals surface area contributed by atoms with Crippen molar-refractivity contribution in [1.29, 1.82) is 0 Å². The van der Waals surface area contributed by atoms with E-state index in [1.54, 1.807) is 26.5 Å². The van der Waals surface area contributed by atoms with Crippen molar-refractivity contribution in [2.75, 3.05) is 13.1 Å². The molecule has 2 atom stereocenters. The monoisotopic (exact) mass is 351 g/mol. The molecule has 3 heterocycles. The number of carbonyl (C=O) groups excluding carboxylic acids is 1. The second-order valence-corrected chi connectivity index (χ2v) is 6.71. The topological polar surface area (TPSA) is 65.2 Å². The zero-order valence-corrected chi connectivity index (χ0v) is 15.1. The third-order valence-corrected chi connectivity index (χ3v) is 4.69. The Kier molecular flexibility index (Phi) is 4.64. The standard InChI is InChI=1S/C16H22ClN5O2/c1-10-7-20(8-11(2)24-10)16(23)14-5-6-21(19-14)9-22-13(4)15(17)12(3)18-22/h5-6,10-11H,7-9H2,1-4H3/t10-,11-/m1/s1. The minimum absolute atomic E-state index is 0.0385. The lowest BCUT2D eigenvalue weighted by atomic mass is 10.2. The van der Waals surface area contributed by atoms with Crippen molar-refractivity contribution < 1.29 is 9.53 Å². The van der Waals surface area contributed by atoms with Crippen molar-refractivity contribution in [2.24, 2.45) is 0 Å². The van der Waals surface area contributed by atoms with Crippen molar-refractivity contribution in [1.82, 2.24) is 24.5 Å². The Morgan fingerprint density at radius 1 is 1.29 bits per heavy atom. The van der Waals surface area contributed by atoms with Gasteiger partial charge in [0.25, 0.3) is 5.91 Å². The SMILES string of the molecule is Cc1nn(Cn2ccc(C(=O)N3C[C@@H](C)O[C@H](C)C3)n2)c(C)c1Cl. The molecule has 1 aliphatic heterocycles. The number of amides is 1. The van der Waals surface area contributed by atoms with Crippen LogP contribution in [0.25, 0.3) is 0 Å². The van der Waals surface area contributed by atoms with Gasteiger partial charge in [0.2, 0.25) is 0 Å². The molecule has 0 N–H and O–H groups in total. The fourth-order valence-corrected chi connectivity index (χ4v) is 3.15. The average Bonchev–Trinajstić information content (AvgIpc) is 3.07. The van der Waals surface area contributed by atoms with Crippen LogP contribution in [0.1, 0.15) is 35.7 Å². The fourth-order valence-electron chi connectivity index (χ4n) is 3.01. The molecule has 1 fully saturated rings. The summed E-state index contributed by atoms with van der Waals surface area (Å²) in [6, 6.07) is 1.74. The van der Waals surface area contributed by atoms with Gasteiger partial charge in [-0.15, -0.1) is 0 Å². The molecule has 0 aromatic carbocycles. The van der Waals surface area contributed by atoms with Crippen LogP contribution in [-0.2, 0) is 11.4 Å². The minimum atomic E-state index is -0.0675. The van der Waals surface area contributed by atoms with Crippen LogP contribution < -0.4 is 0 Å². The largest absolute Gasteiger partial charge is 0.372 e. The molecule has 7 nitrogen and oxygen atoms in total. The van der Waals surface area contributed by atoms with E-state index in [0.717, 1.165) is 11.4 Å². The maximum absolute atomic E-state index is 12.6. The highest BCUT2D eigenvalue weighted by atomic mass is 35.5. The summed E-state index contributed by atoms with van der Waals surface area (Å²) in [6.07, 6.45) is 1.86. The van der Waals surface area contributed by atoms with Crippen molar-refractivity contribution in [3.63, 3.8) is 0 Å². The Bertz CT molecular complexity index is 744. The summed E-state index contributed by atoms with van der Waals surface area (Å²) in [5.41, 5.74) is 2.10. The molecule has 24 heavy (non-hydrogen) atoms. The highest BCUT2D eigenvalue weighted by molar-refractivity contribution is 6.31. The van der Waals surface area contributed by atoms with Gasteiger partial charge in [-0.1, -0.05) is 11.6 Å². The molecule has 2 aromatic rings. The minimum Gasteiger partial charge on any atom is -0.372 e. The number of rotatable bonds is 3. The van der Waals surface area contributed by atoms with Gasteiger partial charge in [-0.25, -0.2) is 4.68 Å². The van der Waals surface area contributed by atoms with Crippen molar-refractivity contribution in [3.05, 3.63) is 34.4 Å². The number of nitrogens with zero attached hydrogens (tertiary/aromatic N) is 5. The molecule has 0 aliphatic carbocycles. The Balaban J connectivity index is 1.73. The first kappa shape index (κ1) is 17.0. The quantitative estimate of drug-likeness (QED) is 0.849. The van der Waals surface area contributed by atoms with E-state index in [1.807, 2.05) is 27.7 Å². The number of hydrogen-bond donors (Lipinski definition) is 0. The van der Waals surface area contributed by atoms with Crippen LogP contribution >= 0.6 is 11.6 Å². The maximum Gasteiger partial charge on any atom is 0.274 e. The summed E-state index contributed by atoms with van der Waals surface area (Å²) in [4.78, 5) is 14.4. The molecule has 0 spiro atoms. The molecule has 1 saturated heterocycles. The second-order valence-electron chi connectivity index (χ2n) is 6.33. The molecule has 1 aliphatic rings.